The van der Waals surface area contributed by atoms with E-state index >= 15 is 0 Å². The van der Waals surface area contributed by atoms with Gasteiger partial charge in [-0.25, -0.2) is 4.98 Å². The molecule has 2 rings (SSSR count). The summed E-state index contributed by atoms with van der Waals surface area (Å²) in [5.74, 6) is 0. The first-order chi connectivity index (χ1) is 8.99. The van der Waals surface area contributed by atoms with Gasteiger partial charge in [-0.2, -0.15) is 0 Å². The van der Waals surface area contributed by atoms with E-state index in [2.05, 4.69) is 20.9 Å². The highest BCUT2D eigenvalue weighted by Gasteiger charge is 2.11. The van der Waals surface area contributed by atoms with Crippen molar-refractivity contribution in [3.05, 3.63) is 62.2 Å². The SMILES string of the molecule is Cc1ncn(CC(O)c2ccc(Br)cc2)c(=O)c1C. The molecule has 0 amide bonds. The van der Waals surface area contributed by atoms with Gasteiger partial charge in [0.2, 0.25) is 0 Å². The largest absolute Gasteiger partial charge is 0.387 e. The summed E-state index contributed by atoms with van der Waals surface area (Å²) in [5, 5.41) is 10.1. The Labute approximate surface area is 119 Å². The van der Waals surface area contributed by atoms with Crippen LogP contribution in [0.3, 0.4) is 0 Å². The summed E-state index contributed by atoms with van der Waals surface area (Å²) in [6, 6.07) is 7.38. The molecular weight excluding hydrogens is 308 g/mol. The minimum absolute atomic E-state index is 0.108. The van der Waals surface area contributed by atoms with Crippen molar-refractivity contribution in [2.45, 2.75) is 26.5 Å². The van der Waals surface area contributed by atoms with Crippen molar-refractivity contribution in [1.82, 2.24) is 9.55 Å². The Morgan fingerprint density at radius 3 is 2.58 bits per heavy atom. The fourth-order valence-electron chi connectivity index (χ4n) is 1.78. The van der Waals surface area contributed by atoms with Crippen molar-refractivity contribution in [2.75, 3.05) is 0 Å². The molecule has 0 aliphatic rings. The van der Waals surface area contributed by atoms with Crippen LogP contribution in [0, 0.1) is 13.8 Å². The van der Waals surface area contributed by atoms with Crippen molar-refractivity contribution in [2.24, 2.45) is 0 Å². The lowest BCUT2D eigenvalue weighted by Crippen LogP contribution is -2.26. The molecule has 5 heteroatoms. The monoisotopic (exact) mass is 322 g/mol. The average Bonchev–Trinajstić information content (AvgIpc) is 2.40. The predicted octanol–water partition coefficient (Wildman–Crippen LogP) is 2.36. The van der Waals surface area contributed by atoms with Crippen molar-refractivity contribution < 1.29 is 5.11 Å². The minimum atomic E-state index is -0.727. The quantitative estimate of drug-likeness (QED) is 0.943. The maximum atomic E-state index is 12.0. The van der Waals surface area contributed by atoms with Gasteiger partial charge in [-0.15, -0.1) is 0 Å². The predicted molar refractivity (Wildman–Crippen MR) is 77.1 cm³/mol. The van der Waals surface area contributed by atoms with Gasteiger partial charge in [0.1, 0.15) is 0 Å². The van der Waals surface area contributed by atoms with E-state index in [4.69, 9.17) is 0 Å². The number of aliphatic hydroxyl groups excluding tert-OH is 1. The zero-order valence-electron chi connectivity index (χ0n) is 10.8. The van der Waals surface area contributed by atoms with E-state index in [-0.39, 0.29) is 12.1 Å². The Bertz CT molecular complexity index is 635. The Balaban J connectivity index is 2.24. The first-order valence-electron chi connectivity index (χ1n) is 5.95. The molecule has 2 aromatic rings. The second-order valence-corrected chi connectivity index (χ2v) is 5.40. The van der Waals surface area contributed by atoms with Gasteiger partial charge in [-0.05, 0) is 31.5 Å². The molecule has 0 saturated carbocycles. The van der Waals surface area contributed by atoms with Gasteiger partial charge in [0, 0.05) is 15.7 Å². The molecule has 1 atom stereocenters. The molecule has 1 heterocycles. The number of rotatable bonds is 3. The molecule has 4 nitrogen and oxygen atoms in total. The van der Waals surface area contributed by atoms with Crippen LogP contribution in [0.2, 0.25) is 0 Å². The highest BCUT2D eigenvalue weighted by Crippen LogP contribution is 2.17. The Morgan fingerprint density at radius 2 is 1.95 bits per heavy atom. The van der Waals surface area contributed by atoms with Gasteiger partial charge in [0.15, 0.2) is 0 Å². The number of aromatic nitrogens is 2. The summed E-state index contributed by atoms with van der Waals surface area (Å²) >= 11 is 3.34. The van der Waals surface area contributed by atoms with E-state index < -0.39 is 6.10 Å². The number of hydrogen-bond donors (Lipinski definition) is 1. The van der Waals surface area contributed by atoms with Crippen LogP contribution in [-0.2, 0) is 6.54 Å². The fourth-order valence-corrected chi connectivity index (χ4v) is 2.05. The second kappa shape index (κ2) is 5.67. The van der Waals surface area contributed by atoms with Crippen LogP contribution in [-0.4, -0.2) is 14.7 Å². The van der Waals surface area contributed by atoms with Gasteiger partial charge in [-0.1, -0.05) is 28.1 Å². The molecular formula is C14H15BrN2O2. The Hall–Kier alpha value is -1.46. The van der Waals surface area contributed by atoms with Gasteiger partial charge in [-0.3, -0.25) is 9.36 Å². The van der Waals surface area contributed by atoms with Crippen LogP contribution in [0.15, 0.2) is 39.9 Å². The summed E-state index contributed by atoms with van der Waals surface area (Å²) < 4.78 is 2.39. The van der Waals surface area contributed by atoms with Crippen LogP contribution in [0.25, 0.3) is 0 Å². The number of hydrogen-bond acceptors (Lipinski definition) is 3. The topological polar surface area (TPSA) is 55.1 Å². The van der Waals surface area contributed by atoms with Gasteiger partial charge in [0.25, 0.3) is 5.56 Å². The normalized spacial score (nSPS) is 12.4. The maximum Gasteiger partial charge on any atom is 0.256 e. The zero-order chi connectivity index (χ0) is 14.0. The van der Waals surface area contributed by atoms with Crippen LogP contribution >= 0.6 is 15.9 Å². The highest BCUT2D eigenvalue weighted by molar-refractivity contribution is 9.10. The average molecular weight is 323 g/mol. The number of aryl methyl sites for hydroxylation is 1. The maximum absolute atomic E-state index is 12.0. The van der Waals surface area contributed by atoms with Crippen LogP contribution < -0.4 is 5.56 Å². The van der Waals surface area contributed by atoms with Crippen molar-refractivity contribution in [3.63, 3.8) is 0 Å². The van der Waals surface area contributed by atoms with Gasteiger partial charge in [0.05, 0.1) is 19.0 Å². The molecule has 0 fully saturated rings. The van der Waals surface area contributed by atoms with E-state index in [1.54, 1.807) is 13.8 Å². The van der Waals surface area contributed by atoms with Crippen LogP contribution in [0.5, 0.6) is 0 Å². The van der Waals surface area contributed by atoms with Crippen LogP contribution in [0.1, 0.15) is 22.9 Å². The number of halogens is 1. The van der Waals surface area contributed by atoms with Gasteiger partial charge >= 0.3 is 0 Å². The molecule has 1 N–H and O–H groups in total. The molecule has 0 radical (unpaired) electrons. The summed E-state index contributed by atoms with van der Waals surface area (Å²) in [7, 11) is 0. The molecule has 0 aliphatic heterocycles. The molecule has 1 unspecified atom stereocenters. The molecule has 0 saturated heterocycles. The minimum Gasteiger partial charge on any atom is -0.387 e. The molecule has 100 valence electrons. The molecule has 0 spiro atoms. The van der Waals surface area contributed by atoms with Crippen molar-refractivity contribution in [1.29, 1.82) is 0 Å². The van der Waals surface area contributed by atoms with E-state index in [0.717, 1.165) is 15.7 Å². The van der Waals surface area contributed by atoms with E-state index in [1.807, 2.05) is 24.3 Å². The summed E-state index contributed by atoms with van der Waals surface area (Å²) in [5.41, 5.74) is 2.00. The molecule has 0 bridgehead atoms. The summed E-state index contributed by atoms with van der Waals surface area (Å²) in [6.45, 7) is 3.74. The summed E-state index contributed by atoms with van der Waals surface area (Å²) in [4.78, 5) is 16.2. The molecule has 0 aliphatic carbocycles. The lowest BCUT2D eigenvalue weighted by molar-refractivity contribution is 0.154. The van der Waals surface area contributed by atoms with Crippen molar-refractivity contribution >= 4 is 15.9 Å². The first-order valence-corrected chi connectivity index (χ1v) is 6.74. The molecule has 1 aromatic heterocycles. The third-order valence-corrected chi connectivity index (χ3v) is 3.67. The third kappa shape index (κ3) is 3.11. The Morgan fingerprint density at radius 1 is 1.32 bits per heavy atom. The second-order valence-electron chi connectivity index (χ2n) is 4.48. The smallest absolute Gasteiger partial charge is 0.256 e. The molecule has 19 heavy (non-hydrogen) atoms. The number of nitrogens with zero attached hydrogens (tertiary/aromatic N) is 2. The lowest BCUT2D eigenvalue weighted by Gasteiger charge is -2.13. The summed E-state index contributed by atoms with van der Waals surface area (Å²) in [6.07, 6.45) is 0.752. The zero-order valence-corrected chi connectivity index (χ0v) is 12.4. The lowest BCUT2D eigenvalue weighted by atomic mass is 10.1. The fraction of sp³-hybridized carbons (Fsp3) is 0.286. The van der Waals surface area contributed by atoms with E-state index in [1.165, 1.54) is 10.9 Å². The number of aliphatic hydroxyl groups is 1. The van der Waals surface area contributed by atoms with Gasteiger partial charge < -0.3 is 5.11 Å². The Kier molecular flexibility index (Phi) is 4.17. The van der Waals surface area contributed by atoms with E-state index in [0.29, 0.717) is 5.56 Å². The van der Waals surface area contributed by atoms with E-state index in [9.17, 15) is 9.90 Å². The highest BCUT2D eigenvalue weighted by atomic mass is 79.9. The standard InChI is InChI=1S/C14H15BrN2O2/c1-9-10(2)16-8-17(14(9)19)7-13(18)11-3-5-12(15)6-4-11/h3-6,8,13,18H,7H2,1-2H3. The molecule has 1 aromatic carbocycles. The third-order valence-electron chi connectivity index (χ3n) is 3.14. The van der Waals surface area contributed by atoms with Crippen LogP contribution in [0.4, 0.5) is 0 Å². The first kappa shape index (κ1) is 14.0. The van der Waals surface area contributed by atoms with Crippen molar-refractivity contribution in [3.8, 4) is 0 Å². The number of benzene rings is 1.